The van der Waals surface area contributed by atoms with Crippen LogP contribution in [0, 0.1) is 0 Å². The molecule has 2 aliphatic carbocycles. The Morgan fingerprint density at radius 2 is 0.935 bits per heavy atom. The van der Waals surface area contributed by atoms with Gasteiger partial charge in [-0.1, -0.05) is 167 Å². The van der Waals surface area contributed by atoms with Crippen molar-refractivity contribution in [2.75, 3.05) is 4.90 Å². The van der Waals surface area contributed by atoms with E-state index in [2.05, 4.69) is 142 Å². The second-order valence-electron chi connectivity index (χ2n) is 17.6. The lowest BCUT2D eigenvalue weighted by molar-refractivity contribution is 0.660. The number of fused-ring (bicyclic) bond motifs is 9. The van der Waals surface area contributed by atoms with Gasteiger partial charge in [-0.2, -0.15) is 0 Å². The van der Waals surface area contributed by atoms with Gasteiger partial charge in [0.1, 0.15) is 11.2 Å². The molecule has 0 amide bonds. The van der Waals surface area contributed by atoms with Crippen LogP contribution in [-0.4, -0.2) is 15.0 Å². The summed E-state index contributed by atoms with van der Waals surface area (Å²) in [6.07, 6.45) is 0. The van der Waals surface area contributed by atoms with Gasteiger partial charge < -0.3 is 9.32 Å². The summed E-state index contributed by atoms with van der Waals surface area (Å²) in [6, 6.07) is 64.6. The summed E-state index contributed by atoms with van der Waals surface area (Å²) in [7, 11) is 0. The Bertz CT molecular complexity index is 3360. The van der Waals surface area contributed by atoms with Gasteiger partial charge in [0, 0.05) is 55.2 Å². The number of rotatable bonds is 6. The van der Waals surface area contributed by atoms with Crippen LogP contribution in [0.15, 0.2) is 186 Å². The summed E-state index contributed by atoms with van der Waals surface area (Å²) in [5.41, 5.74) is 17.8. The van der Waals surface area contributed by atoms with Crippen molar-refractivity contribution in [3.63, 3.8) is 0 Å². The molecule has 296 valence electrons. The van der Waals surface area contributed by atoms with E-state index in [1.807, 2.05) is 72.8 Å². The highest BCUT2D eigenvalue weighted by atomic mass is 16.3. The molecule has 0 saturated carbocycles. The first kappa shape index (κ1) is 36.2. The third-order valence-corrected chi connectivity index (χ3v) is 13.3. The molecule has 10 aromatic rings. The molecule has 2 heterocycles. The van der Waals surface area contributed by atoms with Gasteiger partial charge in [-0.25, -0.2) is 15.0 Å². The first-order valence-electron chi connectivity index (χ1n) is 21.4. The zero-order valence-electron chi connectivity index (χ0n) is 35.0. The number of benzene rings is 8. The highest BCUT2D eigenvalue weighted by Crippen LogP contribution is 2.56. The van der Waals surface area contributed by atoms with Gasteiger partial charge in [0.05, 0.1) is 5.69 Å². The van der Waals surface area contributed by atoms with Gasteiger partial charge in [-0.15, -0.1) is 0 Å². The van der Waals surface area contributed by atoms with Crippen LogP contribution in [0.1, 0.15) is 49.9 Å². The molecule has 0 radical (unpaired) electrons. The first-order chi connectivity index (χ1) is 30.3. The summed E-state index contributed by atoms with van der Waals surface area (Å²) >= 11 is 0. The van der Waals surface area contributed by atoms with Crippen molar-refractivity contribution < 1.29 is 4.42 Å². The molecule has 5 heteroatoms. The van der Waals surface area contributed by atoms with E-state index in [0.29, 0.717) is 17.5 Å². The lowest BCUT2D eigenvalue weighted by Crippen LogP contribution is -2.17. The number of hydrogen-bond donors (Lipinski definition) is 0. The van der Waals surface area contributed by atoms with E-state index in [1.165, 1.54) is 44.5 Å². The highest BCUT2D eigenvalue weighted by Gasteiger charge is 2.39. The molecule has 0 fully saturated rings. The quantitative estimate of drug-likeness (QED) is 0.168. The number of aromatic nitrogens is 3. The zero-order chi connectivity index (χ0) is 41.7. The lowest BCUT2D eigenvalue weighted by atomic mass is 9.82. The predicted molar refractivity (Wildman–Crippen MR) is 253 cm³/mol. The van der Waals surface area contributed by atoms with Gasteiger partial charge in [0.2, 0.25) is 0 Å². The van der Waals surface area contributed by atoms with Gasteiger partial charge in [-0.3, -0.25) is 0 Å². The molecule has 0 aliphatic heterocycles. The Morgan fingerprint density at radius 1 is 0.403 bits per heavy atom. The normalized spacial score (nSPS) is 14.1. The molecule has 2 aromatic heterocycles. The van der Waals surface area contributed by atoms with E-state index in [1.54, 1.807) is 0 Å². The van der Waals surface area contributed by atoms with E-state index in [-0.39, 0.29) is 10.8 Å². The zero-order valence-corrected chi connectivity index (χ0v) is 35.0. The van der Waals surface area contributed by atoms with Gasteiger partial charge >= 0.3 is 0 Å². The SMILES string of the molecule is CC1(C)c2ccccc2-c2ccc(N(c3ccc4oc5cccc(-c6nc(-c7ccccc7)nc(-c7ccccc7)n6)c5c4c3)c3cccc4c3-c3ccccc3C4(C)C)cc21. The van der Waals surface area contributed by atoms with Crippen molar-refractivity contribution >= 4 is 39.0 Å². The molecule has 62 heavy (non-hydrogen) atoms. The topological polar surface area (TPSA) is 55.1 Å². The largest absolute Gasteiger partial charge is 0.456 e. The Hall–Kier alpha value is -7.63. The van der Waals surface area contributed by atoms with Crippen LogP contribution in [0.5, 0.6) is 0 Å². The Labute approximate surface area is 361 Å². The Morgan fingerprint density at radius 3 is 1.66 bits per heavy atom. The third-order valence-electron chi connectivity index (χ3n) is 13.3. The second-order valence-corrected chi connectivity index (χ2v) is 17.6. The fourth-order valence-electron chi connectivity index (χ4n) is 10.2. The summed E-state index contributed by atoms with van der Waals surface area (Å²) in [5.74, 6) is 1.83. The van der Waals surface area contributed by atoms with Crippen molar-refractivity contribution in [3.05, 3.63) is 204 Å². The van der Waals surface area contributed by atoms with Crippen molar-refractivity contribution in [3.8, 4) is 56.4 Å². The summed E-state index contributed by atoms with van der Waals surface area (Å²) in [4.78, 5) is 17.7. The maximum absolute atomic E-state index is 6.67. The summed E-state index contributed by atoms with van der Waals surface area (Å²) < 4.78 is 6.67. The van der Waals surface area contributed by atoms with Gasteiger partial charge in [0.25, 0.3) is 0 Å². The van der Waals surface area contributed by atoms with Gasteiger partial charge in [-0.05, 0) is 81.4 Å². The fourth-order valence-corrected chi connectivity index (χ4v) is 10.2. The molecular formula is C57H42N4O. The molecule has 0 spiro atoms. The average molecular weight is 799 g/mol. The van der Waals surface area contributed by atoms with Crippen molar-refractivity contribution in [2.24, 2.45) is 0 Å². The van der Waals surface area contributed by atoms with Crippen LogP contribution in [-0.2, 0) is 10.8 Å². The average Bonchev–Trinajstić information content (AvgIpc) is 3.89. The summed E-state index contributed by atoms with van der Waals surface area (Å²) in [6.45, 7) is 9.40. The molecule has 5 nitrogen and oxygen atoms in total. The molecule has 12 rings (SSSR count). The van der Waals surface area contributed by atoms with E-state index in [4.69, 9.17) is 19.4 Å². The van der Waals surface area contributed by atoms with Crippen molar-refractivity contribution in [1.82, 2.24) is 15.0 Å². The molecule has 0 unspecified atom stereocenters. The molecule has 0 N–H and O–H groups in total. The van der Waals surface area contributed by atoms with Crippen LogP contribution in [0.4, 0.5) is 17.1 Å². The Kier molecular flexibility index (Phi) is 7.85. The van der Waals surface area contributed by atoms with E-state index in [9.17, 15) is 0 Å². The highest BCUT2D eigenvalue weighted by molar-refractivity contribution is 6.13. The smallest absolute Gasteiger partial charge is 0.164 e. The van der Waals surface area contributed by atoms with E-state index in [0.717, 1.165) is 55.7 Å². The molecule has 2 aliphatic rings. The maximum atomic E-state index is 6.67. The molecule has 8 aromatic carbocycles. The standard InChI is InChI=1S/C57H42N4O/c1-56(2)45-25-14-12-22-41(45)52-46(56)26-16-27-48(52)61(38-29-31-40-39-21-11-13-24-44(39)57(3,4)47(40)34-38)37-30-32-49-43(33-37)51-42(23-15-28-50(51)62-49)55-59-53(35-17-7-5-8-18-35)58-54(60-55)36-19-9-6-10-20-36/h5-34H,1-4H3. The van der Waals surface area contributed by atoms with E-state index >= 15 is 0 Å². The minimum atomic E-state index is -0.164. The molecular weight excluding hydrogens is 757 g/mol. The van der Waals surface area contributed by atoms with E-state index < -0.39 is 0 Å². The molecule has 0 saturated heterocycles. The monoisotopic (exact) mass is 798 g/mol. The van der Waals surface area contributed by atoms with Crippen molar-refractivity contribution in [1.29, 1.82) is 0 Å². The third kappa shape index (κ3) is 5.37. The van der Waals surface area contributed by atoms with Crippen LogP contribution < -0.4 is 4.90 Å². The minimum Gasteiger partial charge on any atom is -0.456 e. The maximum Gasteiger partial charge on any atom is 0.164 e. The molecule has 0 bridgehead atoms. The molecule has 0 atom stereocenters. The minimum absolute atomic E-state index is 0.156. The van der Waals surface area contributed by atoms with Gasteiger partial charge in [0.15, 0.2) is 17.5 Å². The van der Waals surface area contributed by atoms with Crippen LogP contribution in [0.3, 0.4) is 0 Å². The number of furan rings is 1. The number of nitrogens with zero attached hydrogens (tertiary/aromatic N) is 4. The second kappa shape index (κ2) is 13.4. The number of hydrogen-bond acceptors (Lipinski definition) is 5. The van der Waals surface area contributed by atoms with Crippen LogP contribution >= 0.6 is 0 Å². The Balaban J connectivity index is 1.10. The first-order valence-corrected chi connectivity index (χ1v) is 21.4. The predicted octanol–water partition coefficient (Wildman–Crippen LogP) is 14.9. The fraction of sp³-hybridized carbons (Fsp3) is 0.105. The summed E-state index contributed by atoms with van der Waals surface area (Å²) in [5, 5.41) is 1.95. The van der Waals surface area contributed by atoms with Crippen molar-refractivity contribution in [2.45, 2.75) is 38.5 Å². The lowest BCUT2D eigenvalue weighted by Gasteiger charge is -2.30. The van der Waals surface area contributed by atoms with Crippen LogP contribution in [0.2, 0.25) is 0 Å². The number of anilines is 3. The van der Waals surface area contributed by atoms with Crippen LogP contribution in [0.25, 0.3) is 78.4 Å².